The third-order valence-corrected chi connectivity index (χ3v) is 0.929. The Bertz CT molecular complexity index is 176. The molecule has 4 heteroatoms. The Kier molecular flexibility index (Phi) is 12.2. The van der Waals surface area contributed by atoms with Gasteiger partial charge in [-0.2, -0.15) is 0 Å². The van der Waals surface area contributed by atoms with Gasteiger partial charge in [-0.05, 0) is 13.8 Å². The molecule has 0 fully saturated rings. The van der Waals surface area contributed by atoms with E-state index in [1.54, 1.807) is 13.8 Å². The highest BCUT2D eigenvalue weighted by molar-refractivity contribution is 5.91. The van der Waals surface area contributed by atoms with Crippen LogP contribution in [0.2, 0.25) is 0 Å². The second-order valence-corrected chi connectivity index (χ2v) is 1.84. The van der Waals surface area contributed by atoms with Crippen molar-refractivity contribution in [2.45, 2.75) is 13.8 Å². The van der Waals surface area contributed by atoms with E-state index in [-0.39, 0.29) is 0 Å². The van der Waals surface area contributed by atoms with Gasteiger partial charge in [-0.15, -0.1) is 13.2 Å². The average molecular weight is 200 g/mol. The maximum absolute atomic E-state index is 10.6. The van der Waals surface area contributed by atoms with E-state index >= 15 is 0 Å². The predicted molar refractivity (Wildman–Crippen MR) is 53.7 cm³/mol. The highest BCUT2D eigenvalue weighted by Crippen LogP contribution is 1.84. The van der Waals surface area contributed by atoms with E-state index in [4.69, 9.17) is 0 Å². The molecular formula is C10H16O4. The fourth-order valence-electron chi connectivity index (χ4n) is 0.517. The third-order valence-electron chi connectivity index (χ3n) is 0.929. The molecule has 0 heterocycles. The first-order chi connectivity index (χ1) is 6.70. The molecule has 0 rings (SSSR count). The Hall–Kier alpha value is -1.58. The number of hydrogen-bond donors (Lipinski definition) is 0. The molecule has 0 aromatic heterocycles. The van der Waals surface area contributed by atoms with Gasteiger partial charge in [0.15, 0.2) is 0 Å². The van der Waals surface area contributed by atoms with E-state index in [1.807, 2.05) is 0 Å². The van der Waals surface area contributed by atoms with Gasteiger partial charge in [0, 0.05) is 12.2 Å². The molecule has 0 spiro atoms. The van der Waals surface area contributed by atoms with Crippen LogP contribution in [0.4, 0.5) is 0 Å². The second-order valence-electron chi connectivity index (χ2n) is 1.84. The van der Waals surface area contributed by atoms with Crippen molar-refractivity contribution >= 4 is 11.9 Å². The van der Waals surface area contributed by atoms with Crippen molar-refractivity contribution in [2.75, 3.05) is 13.2 Å². The maximum Gasteiger partial charge on any atom is 0.330 e. The van der Waals surface area contributed by atoms with Crippen molar-refractivity contribution in [2.24, 2.45) is 0 Å². The topological polar surface area (TPSA) is 52.6 Å². The van der Waals surface area contributed by atoms with Gasteiger partial charge in [-0.25, -0.2) is 9.59 Å². The molecule has 0 aromatic rings. The summed E-state index contributed by atoms with van der Waals surface area (Å²) in [5.41, 5.74) is 0. The lowest BCUT2D eigenvalue weighted by Gasteiger charge is -1.95. The monoisotopic (exact) mass is 200 g/mol. The minimum absolute atomic E-state index is 0.298. The fraction of sp³-hybridized carbons (Fsp3) is 0.400. The first kappa shape index (κ1) is 14.9. The summed E-state index contributed by atoms with van der Waals surface area (Å²) in [6.07, 6.45) is 2.09. The molecule has 0 saturated heterocycles. The predicted octanol–water partition coefficient (Wildman–Crippen LogP) is 1.47. The summed E-state index contributed by atoms with van der Waals surface area (Å²) >= 11 is 0. The Morgan fingerprint density at radius 1 is 1.00 bits per heavy atom. The average Bonchev–Trinajstić information content (AvgIpc) is 2.19. The first-order valence-corrected chi connectivity index (χ1v) is 4.22. The zero-order chi connectivity index (χ0) is 11.4. The number of rotatable bonds is 4. The molecule has 0 radical (unpaired) electrons. The van der Waals surface area contributed by atoms with Crippen LogP contribution in [-0.2, 0) is 19.1 Å². The number of carbonyl (C=O) groups excluding carboxylic acids is 2. The zero-order valence-corrected chi connectivity index (χ0v) is 8.62. The molecule has 0 aliphatic rings. The summed E-state index contributed by atoms with van der Waals surface area (Å²) in [7, 11) is 0. The quantitative estimate of drug-likeness (QED) is 0.392. The third kappa shape index (κ3) is 10.4. The minimum Gasteiger partial charge on any atom is -0.463 e. The van der Waals surface area contributed by atoms with Gasteiger partial charge in [0.1, 0.15) is 0 Å². The van der Waals surface area contributed by atoms with Crippen LogP contribution in [0.25, 0.3) is 0 Å². The molecule has 14 heavy (non-hydrogen) atoms. The summed E-state index contributed by atoms with van der Waals surface area (Å²) in [6.45, 7) is 9.98. The molecule has 0 amide bonds. The lowest BCUT2D eigenvalue weighted by molar-refractivity contribution is -0.140. The smallest absolute Gasteiger partial charge is 0.330 e. The van der Waals surface area contributed by atoms with Gasteiger partial charge in [0.05, 0.1) is 13.2 Å². The summed E-state index contributed by atoms with van der Waals surface area (Å²) in [5.74, 6) is -1.07. The van der Waals surface area contributed by atoms with Gasteiger partial charge < -0.3 is 9.47 Å². The van der Waals surface area contributed by atoms with Crippen LogP contribution in [0.5, 0.6) is 0 Å². The zero-order valence-electron chi connectivity index (χ0n) is 8.62. The Balaban J connectivity index is 0. The van der Waals surface area contributed by atoms with Crippen LogP contribution in [0.3, 0.4) is 0 Å². The molecule has 80 valence electrons. The van der Waals surface area contributed by atoms with E-state index in [9.17, 15) is 9.59 Å². The SMILES string of the molecule is C=C.CCOC(=O)C=CC(=O)OCC. The first-order valence-electron chi connectivity index (χ1n) is 4.22. The molecule has 0 aromatic carbocycles. The van der Waals surface area contributed by atoms with E-state index in [2.05, 4.69) is 22.6 Å². The number of esters is 2. The highest BCUT2D eigenvalue weighted by Gasteiger charge is 1.97. The normalized spacial score (nSPS) is 8.71. The van der Waals surface area contributed by atoms with Crippen molar-refractivity contribution < 1.29 is 19.1 Å². The van der Waals surface area contributed by atoms with Gasteiger partial charge in [-0.3, -0.25) is 0 Å². The minimum atomic E-state index is -0.537. The van der Waals surface area contributed by atoms with Crippen LogP contribution < -0.4 is 0 Å². The van der Waals surface area contributed by atoms with Crippen molar-refractivity contribution in [3.63, 3.8) is 0 Å². The number of ether oxygens (including phenoxy) is 2. The van der Waals surface area contributed by atoms with Gasteiger partial charge >= 0.3 is 11.9 Å². The Morgan fingerprint density at radius 3 is 1.50 bits per heavy atom. The maximum atomic E-state index is 10.6. The van der Waals surface area contributed by atoms with Crippen LogP contribution in [-0.4, -0.2) is 25.2 Å². The van der Waals surface area contributed by atoms with Crippen LogP contribution in [0.1, 0.15) is 13.8 Å². The summed E-state index contributed by atoms with van der Waals surface area (Å²) < 4.78 is 9.07. The number of carbonyl (C=O) groups is 2. The molecule has 0 atom stereocenters. The van der Waals surface area contributed by atoms with Crippen molar-refractivity contribution in [3.8, 4) is 0 Å². The van der Waals surface area contributed by atoms with Crippen LogP contribution in [0, 0.1) is 0 Å². The molecule has 0 unspecified atom stereocenters. The van der Waals surface area contributed by atoms with E-state index in [0.29, 0.717) is 13.2 Å². The lowest BCUT2D eigenvalue weighted by atomic mass is 10.5. The Labute approximate surface area is 84.2 Å². The molecule has 0 saturated carbocycles. The summed E-state index contributed by atoms with van der Waals surface area (Å²) in [6, 6.07) is 0. The Morgan fingerprint density at radius 2 is 1.29 bits per heavy atom. The van der Waals surface area contributed by atoms with Crippen LogP contribution >= 0.6 is 0 Å². The fourth-order valence-corrected chi connectivity index (χ4v) is 0.517. The van der Waals surface area contributed by atoms with Gasteiger partial charge in [0.2, 0.25) is 0 Å². The summed E-state index contributed by atoms with van der Waals surface area (Å²) in [5, 5.41) is 0. The number of hydrogen-bond acceptors (Lipinski definition) is 4. The largest absolute Gasteiger partial charge is 0.463 e. The molecular weight excluding hydrogens is 184 g/mol. The molecule has 0 N–H and O–H groups in total. The lowest BCUT2D eigenvalue weighted by Crippen LogP contribution is -2.03. The van der Waals surface area contributed by atoms with E-state index in [1.165, 1.54) is 0 Å². The van der Waals surface area contributed by atoms with E-state index in [0.717, 1.165) is 12.2 Å². The molecule has 0 aliphatic carbocycles. The standard InChI is InChI=1S/C8H12O4.C2H4/c1-3-11-7(9)5-6-8(10)12-4-2;1-2/h5-6H,3-4H2,1-2H3;1-2H2. The molecule has 0 bridgehead atoms. The van der Waals surface area contributed by atoms with Gasteiger partial charge in [-0.1, -0.05) is 0 Å². The van der Waals surface area contributed by atoms with Gasteiger partial charge in [0.25, 0.3) is 0 Å². The molecule has 0 aliphatic heterocycles. The van der Waals surface area contributed by atoms with Crippen molar-refractivity contribution in [1.29, 1.82) is 0 Å². The summed E-state index contributed by atoms with van der Waals surface area (Å²) in [4.78, 5) is 21.3. The van der Waals surface area contributed by atoms with E-state index < -0.39 is 11.9 Å². The molecule has 4 nitrogen and oxygen atoms in total. The highest BCUT2D eigenvalue weighted by atomic mass is 16.5. The van der Waals surface area contributed by atoms with Crippen molar-refractivity contribution in [3.05, 3.63) is 25.3 Å². The second kappa shape index (κ2) is 11.4. The van der Waals surface area contributed by atoms with Crippen LogP contribution in [0.15, 0.2) is 25.3 Å². The van der Waals surface area contributed by atoms with Crippen molar-refractivity contribution in [1.82, 2.24) is 0 Å².